The average Bonchev–Trinajstić information content (AvgIpc) is 2.87. The Labute approximate surface area is 118 Å². The highest BCUT2D eigenvalue weighted by molar-refractivity contribution is 5.97. The maximum absolute atomic E-state index is 12.4. The van der Waals surface area contributed by atoms with E-state index in [0.29, 0.717) is 12.8 Å². The van der Waals surface area contributed by atoms with Gasteiger partial charge in [0.05, 0.1) is 0 Å². The number of benzene rings is 1. The van der Waals surface area contributed by atoms with Gasteiger partial charge in [0.1, 0.15) is 6.10 Å². The number of ether oxygens (including phenoxy) is 1. The molecule has 0 spiro atoms. The van der Waals surface area contributed by atoms with E-state index in [1.54, 1.807) is 11.9 Å². The van der Waals surface area contributed by atoms with Crippen LogP contribution >= 0.6 is 0 Å². The maximum Gasteiger partial charge on any atom is 0.332 e. The average molecular weight is 277 g/mol. The molecule has 1 fully saturated rings. The Kier molecular flexibility index (Phi) is 4.09. The molecule has 0 radical (unpaired) electrons. The lowest BCUT2D eigenvalue weighted by molar-refractivity contribution is -0.151. The third kappa shape index (κ3) is 2.82. The number of anilines is 1. The molecule has 0 bridgehead atoms. The van der Waals surface area contributed by atoms with Gasteiger partial charge in [0.25, 0.3) is 5.91 Å². The summed E-state index contributed by atoms with van der Waals surface area (Å²) in [4.78, 5) is 24.8. The molecular formula is C15H19NO4. The topological polar surface area (TPSA) is 66.8 Å². The lowest BCUT2D eigenvalue weighted by atomic mass is 10.1. The fourth-order valence-corrected chi connectivity index (χ4v) is 2.52. The molecule has 20 heavy (non-hydrogen) atoms. The van der Waals surface area contributed by atoms with Gasteiger partial charge in [-0.05, 0) is 38.3 Å². The second kappa shape index (κ2) is 5.63. The van der Waals surface area contributed by atoms with Crippen molar-refractivity contribution in [2.45, 2.75) is 38.9 Å². The van der Waals surface area contributed by atoms with Crippen LogP contribution in [-0.2, 0) is 14.3 Å². The molecule has 5 heteroatoms. The maximum atomic E-state index is 12.4. The van der Waals surface area contributed by atoms with E-state index in [2.05, 4.69) is 0 Å². The Morgan fingerprint density at radius 2 is 1.90 bits per heavy atom. The number of aryl methyl sites for hydroxylation is 2. The van der Waals surface area contributed by atoms with Gasteiger partial charge in [-0.25, -0.2) is 4.79 Å². The summed E-state index contributed by atoms with van der Waals surface area (Å²) in [6.07, 6.45) is -0.699. The van der Waals surface area contributed by atoms with E-state index in [9.17, 15) is 9.59 Å². The molecule has 108 valence electrons. The first-order valence-corrected chi connectivity index (χ1v) is 6.63. The van der Waals surface area contributed by atoms with E-state index in [4.69, 9.17) is 9.84 Å². The van der Waals surface area contributed by atoms with Crippen LogP contribution in [0.3, 0.4) is 0 Å². The van der Waals surface area contributed by atoms with Crippen molar-refractivity contribution in [3.05, 3.63) is 29.3 Å². The van der Waals surface area contributed by atoms with Crippen molar-refractivity contribution in [3.63, 3.8) is 0 Å². The molecule has 1 heterocycles. The van der Waals surface area contributed by atoms with Crippen molar-refractivity contribution in [1.29, 1.82) is 0 Å². The normalized spacial score (nSPS) is 21.8. The third-order valence-corrected chi connectivity index (χ3v) is 3.61. The monoisotopic (exact) mass is 277 g/mol. The van der Waals surface area contributed by atoms with Crippen LogP contribution in [-0.4, -0.2) is 36.2 Å². The Balaban J connectivity index is 2.11. The van der Waals surface area contributed by atoms with Crippen LogP contribution in [0.2, 0.25) is 0 Å². The standard InChI is InChI=1S/C15H19NO4/c1-9-4-5-11(10(2)8-9)16(3)14(17)12-6-7-13(20-12)15(18)19/h4-5,8,12-13H,6-7H2,1-3H3,(H,18,19)/t12-,13+/m0/s1. The molecule has 2 atom stereocenters. The number of hydrogen-bond donors (Lipinski definition) is 1. The number of hydrogen-bond acceptors (Lipinski definition) is 3. The largest absolute Gasteiger partial charge is 0.479 e. The van der Waals surface area contributed by atoms with Crippen LogP contribution in [0.4, 0.5) is 5.69 Å². The second-order valence-electron chi connectivity index (χ2n) is 5.22. The summed E-state index contributed by atoms with van der Waals surface area (Å²) in [6.45, 7) is 3.94. The van der Waals surface area contributed by atoms with Crippen LogP contribution in [0.5, 0.6) is 0 Å². The smallest absolute Gasteiger partial charge is 0.332 e. The molecule has 2 rings (SSSR count). The number of carbonyl (C=O) groups excluding carboxylic acids is 1. The van der Waals surface area contributed by atoms with Gasteiger partial charge in [-0.3, -0.25) is 4.79 Å². The van der Waals surface area contributed by atoms with Gasteiger partial charge in [-0.2, -0.15) is 0 Å². The van der Waals surface area contributed by atoms with Crippen molar-refractivity contribution in [3.8, 4) is 0 Å². The van der Waals surface area contributed by atoms with Crippen molar-refractivity contribution >= 4 is 17.6 Å². The van der Waals surface area contributed by atoms with Crippen LogP contribution in [0.15, 0.2) is 18.2 Å². The molecule has 1 aromatic rings. The molecule has 0 saturated carbocycles. The number of carboxylic acid groups (broad SMARTS) is 1. The fraction of sp³-hybridized carbons (Fsp3) is 0.467. The minimum atomic E-state index is -1.01. The highest BCUT2D eigenvalue weighted by Gasteiger charge is 2.36. The molecule has 1 saturated heterocycles. The number of amides is 1. The molecule has 0 unspecified atom stereocenters. The van der Waals surface area contributed by atoms with Crippen molar-refractivity contribution in [2.75, 3.05) is 11.9 Å². The van der Waals surface area contributed by atoms with Crippen LogP contribution in [0.25, 0.3) is 0 Å². The number of nitrogens with zero attached hydrogens (tertiary/aromatic N) is 1. The van der Waals surface area contributed by atoms with Crippen molar-refractivity contribution in [1.82, 2.24) is 0 Å². The number of carboxylic acids is 1. The van der Waals surface area contributed by atoms with Gasteiger partial charge in [0.15, 0.2) is 6.10 Å². The predicted octanol–water partition coefficient (Wildman–Crippen LogP) is 1.90. The SMILES string of the molecule is Cc1ccc(N(C)C(=O)[C@@H]2CC[C@H](C(=O)O)O2)c(C)c1. The minimum absolute atomic E-state index is 0.194. The quantitative estimate of drug-likeness (QED) is 0.916. The zero-order valence-corrected chi connectivity index (χ0v) is 11.9. The first-order chi connectivity index (χ1) is 9.40. The van der Waals surface area contributed by atoms with Crippen LogP contribution in [0.1, 0.15) is 24.0 Å². The van der Waals surface area contributed by atoms with Crippen molar-refractivity contribution in [2.24, 2.45) is 0 Å². The van der Waals surface area contributed by atoms with E-state index in [1.807, 2.05) is 32.0 Å². The van der Waals surface area contributed by atoms with Gasteiger partial charge in [-0.15, -0.1) is 0 Å². The minimum Gasteiger partial charge on any atom is -0.479 e. The van der Waals surface area contributed by atoms with Crippen LogP contribution < -0.4 is 4.90 Å². The summed E-state index contributed by atoms with van der Waals surface area (Å²) < 4.78 is 5.30. The predicted molar refractivity (Wildman–Crippen MR) is 74.9 cm³/mol. The summed E-state index contributed by atoms with van der Waals surface area (Å²) in [5, 5.41) is 8.89. The Morgan fingerprint density at radius 1 is 1.25 bits per heavy atom. The van der Waals surface area contributed by atoms with E-state index >= 15 is 0 Å². The molecule has 1 aliphatic rings. The summed E-state index contributed by atoms with van der Waals surface area (Å²) in [5.74, 6) is -1.20. The molecule has 5 nitrogen and oxygen atoms in total. The number of aliphatic carboxylic acids is 1. The van der Waals surface area contributed by atoms with Crippen molar-refractivity contribution < 1.29 is 19.4 Å². The second-order valence-corrected chi connectivity index (χ2v) is 5.22. The van der Waals surface area contributed by atoms with Gasteiger partial charge in [0.2, 0.25) is 0 Å². The zero-order chi connectivity index (χ0) is 14.9. The number of rotatable bonds is 3. The molecular weight excluding hydrogens is 258 g/mol. The zero-order valence-electron chi connectivity index (χ0n) is 11.9. The number of likely N-dealkylation sites (N-methyl/N-ethyl adjacent to an activating group) is 1. The highest BCUT2D eigenvalue weighted by Crippen LogP contribution is 2.25. The van der Waals surface area contributed by atoms with E-state index in [-0.39, 0.29) is 5.91 Å². The first kappa shape index (κ1) is 14.5. The van der Waals surface area contributed by atoms with E-state index in [1.165, 1.54) is 0 Å². The van der Waals surface area contributed by atoms with E-state index < -0.39 is 18.2 Å². The third-order valence-electron chi connectivity index (χ3n) is 3.61. The molecule has 1 N–H and O–H groups in total. The molecule has 1 aliphatic heterocycles. The highest BCUT2D eigenvalue weighted by atomic mass is 16.5. The molecule has 0 aliphatic carbocycles. The summed E-state index contributed by atoms with van der Waals surface area (Å²) in [6, 6.07) is 5.85. The first-order valence-electron chi connectivity index (χ1n) is 6.63. The molecule has 1 aromatic carbocycles. The van der Waals surface area contributed by atoms with E-state index in [0.717, 1.165) is 16.8 Å². The Hall–Kier alpha value is -1.88. The number of carbonyl (C=O) groups is 2. The summed E-state index contributed by atoms with van der Waals surface area (Å²) in [7, 11) is 1.69. The molecule has 0 aromatic heterocycles. The Morgan fingerprint density at radius 3 is 2.45 bits per heavy atom. The Bertz CT molecular complexity index is 541. The summed E-state index contributed by atoms with van der Waals surface area (Å²) >= 11 is 0. The van der Waals surface area contributed by atoms with Gasteiger partial charge in [-0.1, -0.05) is 17.7 Å². The molecule has 1 amide bonds. The van der Waals surface area contributed by atoms with Gasteiger partial charge in [0, 0.05) is 12.7 Å². The van der Waals surface area contributed by atoms with Gasteiger partial charge >= 0.3 is 5.97 Å². The summed E-state index contributed by atoms with van der Waals surface area (Å²) in [5.41, 5.74) is 2.96. The van der Waals surface area contributed by atoms with Gasteiger partial charge < -0.3 is 14.7 Å². The fourth-order valence-electron chi connectivity index (χ4n) is 2.52. The lowest BCUT2D eigenvalue weighted by Gasteiger charge is -2.23. The van der Waals surface area contributed by atoms with Crippen LogP contribution in [0, 0.1) is 13.8 Å². The lowest BCUT2D eigenvalue weighted by Crippen LogP contribution is -2.37.